The molecule has 0 unspecified atom stereocenters. The normalized spacial score (nSPS) is 11.5. The maximum Gasteiger partial charge on any atom is 0.343 e. The van der Waals surface area contributed by atoms with E-state index in [9.17, 15) is 22.0 Å². The summed E-state index contributed by atoms with van der Waals surface area (Å²) in [6.45, 7) is 1.74. The number of nitrogens with one attached hydrogen (secondary N) is 1. The first-order valence-electron chi connectivity index (χ1n) is 5.55. The number of carbonyl (C=O) groups is 1. The molecule has 20 heavy (non-hydrogen) atoms. The van der Waals surface area contributed by atoms with Crippen LogP contribution in [-0.4, -0.2) is 39.4 Å². The Morgan fingerprint density at radius 2 is 2.00 bits per heavy atom. The summed E-state index contributed by atoms with van der Waals surface area (Å²) < 4.78 is 58.0. The van der Waals surface area contributed by atoms with E-state index in [0.717, 1.165) is 23.5 Å². The zero-order chi connectivity index (χ0) is 15.5. The van der Waals surface area contributed by atoms with Crippen LogP contribution in [0, 0.1) is 11.6 Å². The van der Waals surface area contributed by atoms with E-state index in [1.165, 1.54) is 7.05 Å². The molecule has 0 saturated carbocycles. The molecule has 0 aliphatic rings. The van der Waals surface area contributed by atoms with Gasteiger partial charge in [0.2, 0.25) is 0 Å². The average molecular weight is 308 g/mol. The summed E-state index contributed by atoms with van der Waals surface area (Å²) in [5.41, 5.74) is -1.49. The molecule has 0 amide bonds. The minimum atomic E-state index is -3.98. The van der Waals surface area contributed by atoms with Gasteiger partial charge in [-0.15, -0.1) is 0 Å². The van der Waals surface area contributed by atoms with Crippen LogP contribution in [0.15, 0.2) is 12.1 Å². The molecule has 0 atom stereocenters. The highest BCUT2D eigenvalue weighted by molar-refractivity contribution is 7.90. The molecule has 1 rings (SSSR count). The van der Waals surface area contributed by atoms with Crippen molar-refractivity contribution in [2.45, 2.75) is 6.92 Å². The monoisotopic (exact) mass is 308 g/mol. The lowest BCUT2D eigenvalue weighted by Gasteiger charge is -2.17. The van der Waals surface area contributed by atoms with Gasteiger partial charge >= 0.3 is 16.2 Å². The Kier molecular flexibility index (Phi) is 5.01. The number of hydrogen-bond acceptors (Lipinski definition) is 4. The van der Waals surface area contributed by atoms with Gasteiger partial charge in [0.25, 0.3) is 0 Å². The molecule has 1 aromatic carbocycles. The van der Waals surface area contributed by atoms with Gasteiger partial charge in [-0.1, -0.05) is 6.92 Å². The smallest absolute Gasteiger partial charge is 0.343 e. The number of ether oxygens (including phenoxy) is 1. The van der Waals surface area contributed by atoms with Crippen molar-refractivity contribution >= 4 is 21.9 Å². The number of hydrogen-bond donors (Lipinski definition) is 1. The average Bonchev–Trinajstić information content (AvgIpc) is 2.40. The first-order valence-corrected chi connectivity index (χ1v) is 6.99. The molecule has 112 valence electrons. The van der Waals surface area contributed by atoms with Crippen molar-refractivity contribution in [2.75, 3.05) is 25.4 Å². The molecule has 0 fully saturated rings. The Hall–Kier alpha value is -1.74. The molecule has 6 nitrogen and oxygen atoms in total. The predicted octanol–water partition coefficient (Wildman–Crippen LogP) is 1.36. The van der Waals surface area contributed by atoms with Gasteiger partial charge in [-0.3, -0.25) is 4.72 Å². The molecule has 0 aliphatic carbocycles. The summed E-state index contributed by atoms with van der Waals surface area (Å²) in [7, 11) is -1.74. The second kappa shape index (κ2) is 6.14. The van der Waals surface area contributed by atoms with E-state index in [-0.39, 0.29) is 6.54 Å². The standard InChI is InChI=1S/C11H14F2N2O4S/c1-4-15(2)20(17,18)14-8-6-5-7(12)9(10(8)13)11(16)19-3/h5-6,14H,4H2,1-3H3. The fourth-order valence-electron chi connectivity index (χ4n) is 1.31. The van der Waals surface area contributed by atoms with Crippen molar-refractivity contribution in [3.8, 4) is 0 Å². The van der Waals surface area contributed by atoms with Crippen molar-refractivity contribution < 1.29 is 26.7 Å². The Morgan fingerprint density at radius 3 is 2.50 bits per heavy atom. The van der Waals surface area contributed by atoms with Crippen LogP contribution < -0.4 is 4.72 Å². The van der Waals surface area contributed by atoms with Crippen LogP contribution in [0.4, 0.5) is 14.5 Å². The van der Waals surface area contributed by atoms with Gasteiger partial charge in [0.15, 0.2) is 5.82 Å². The van der Waals surface area contributed by atoms with Gasteiger partial charge in [0.05, 0.1) is 12.8 Å². The Morgan fingerprint density at radius 1 is 1.40 bits per heavy atom. The van der Waals surface area contributed by atoms with E-state index in [2.05, 4.69) is 4.74 Å². The highest BCUT2D eigenvalue weighted by Gasteiger charge is 2.24. The van der Waals surface area contributed by atoms with E-state index in [1.807, 2.05) is 4.72 Å². The third-order valence-electron chi connectivity index (χ3n) is 2.58. The van der Waals surface area contributed by atoms with Crippen molar-refractivity contribution in [3.63, 3.8) is 0 Å². The lowest BCUT2D eigenvalue weighted by molar-refractivity contribution is 0.0590. The number of carbonyl (C=O) groups excluding carboxylic acids is 1. The molecule has 1 aromatic rings. The summed E-state index contributed by atoms with van der Waals surface area (Å²) in [5.74, 6) is -3.70. The number of anilines is 1. The number of rotatable bonds is 5. The van der Waals surface area contributed by atoms with Crippen molar-refractivity contribution in [3.05, 3.63) is 29.3 Å². The topological polar surface area (TPSA) is 75.7 Å². The number of nitrogens with zero attached hydrogens (tertiary/aromatic N) is 1. The minimum absolute atomic E-state index is 0.155. The summed E-state index contributed by atoms with van der Waals surface area (Å²) in [6, 6.07) is 1.66. The summed E-state index contributed by atoms with van der Waals surface area (Å²) in [4.78, 5) is 11.3. The van der Waals surface area contributed by atoms with Gasteiger partial charge in [0.1, 0.15) is 11.4 Å². The molecule has 1 N–H and O–H groups in total. The van der Waals surface area contributed by atoms with Crippen molar-refractivity contribution in [1.82, 2.24) is 4.31 Å². The van der Waals surface area contributed by atoms with Gasteiger partial charge in [-0.2, -0.15) is 12.7 Å². The molecule has 0 saturated heterocycles. The van der Waals surface area contributed by atoms with Crippen LogP contribution in [-0.2, 0) is 14.9 Å². The summed E-state index contributed by atoms with van der Waals surface area (Å²) in [5, 5.41) is 0. The lowest BCUT2D eigenvalue weighted by atomic mass is 10.2. The minimum Gasteiger partial charge on any atom is -0.465 e. The van der Waals surface area contributed by atoms with Gasteiger partial charge in [-0.05, 0) is 12.1 Å². The number of methoxy groups -OCH3 is 1. The molecule has 0 heterocycles. The van der Waals surface area contributed by atoms with E-state index < -0.39 is 39.1 Å². The third kappa shape index (κ3) is 3.23. The third-order valence-corrected chi connectivity index (χ3v) is 4.13. The van der Waals surface area contributed by atoms with Crippen LogP contribution >= 0.6 is 0 Å². The van der Waals surface area contributed by atoms with Crippen molar-refractivity contribution in [1.29, 1.82) is 0 Å². The Balaban J connectivity index is 3.26. The molecule has 0 bridgehead atoms. The van der Waals surface area contributed by atoms with E-state index in [4.69, 9.17) is 0 Å². The largest absolute Gasteiger partial charge is 0.465 e. The first kappa shape index (κ1) is 16.3. The molecular formula is C11H14F2N2O4S. The Labute approximate surface area is 115 Å². The zero-order valence-electron chi connectivity index (χ0n) is 11.1. The maximum absolute atomic E-state index is 14.0. The fraction of sp³-hybridized carbons (Fsp3) is 0.364. The molecule has 0 aliphatic heterocycles. The van der Waals surface area contributed by atoms with Crippen molar-refractivity contribution in [2.24, 2.45) is 0 Å². The fourth-order valence-corrected chi connectivity index (χ4v) is 2.24. The molecule has 0 spiro atoms. The summed E-state index contributed by atoms with van der Waals surface area (Å²) >= 11 is 0. The SMILES string of the molecule is CCN(C)S(=O)(=O)Nc1ccc(F)c(C(=O)OC)c1F. The highest BCUT2D eigenvalue weighted by Crippen LogP contribution is 2.23. The molecular weight excluding hydrogens is 294 g/mol. The van der Waals surface area contributed by atoms with E-state index in [0.29, 0.717) is 0 Å². The summed E-state index contributed by atoms with van der Waals surface area (Å²) in [6.07, 6.45) is 0. The van der Waals surface area contributed by atoms with Crippen LogP contribution in [0.3, 0.4) is 0 Å². The van der Waals surface area contributed by atoms with E-state index in [1.54, 1.807) is 6.92 Å². The van der Waals surface area contributed by atoms with Crippen LogP contribution in [0.5, 0.6) is 0 Å². The van der Waals surface area contributed by atoms with Crippen LogP contribution in [0.25, 0.3) is 0 Å². The number of esters is 1. The predicted molar refractivity (Wildman–Crippen MR) is 68.5 cm³/mol. The Bertz CT molecular complexity index is 619. The lowest BCUT2D eigenvalue weighted by Crippen LogP contribution is -2.32. The molecule has 0 aromatic heterocycles. The van der Waals surface area contributed by atoms with Gasteiger partial charge in [0, 0.05) is 13.6 Å². The maximum atomic E-state index is 14.0. The number of benzene rings is 1. The van der Waals surface area contributed by atoms with Gasteiger partial charge < -0.3 is 4.74 Å². The van der Waals surface area contributed by atoms with Gasteiger partial charge in [-0.25, -0.2) is 13.6 Å². The quantitative estimate of drug-likeness (QED) is 0.833. The number of halogens is 2. The molecule has 9 heteroatoms. The zero-order valence-corrected chi connectivity index (χ0v) is 11.9. The van der Waals surface area contributed by atoms with E-state index >= 15 is 0 Å². The second-order valence-electron chi connectivity index (χ2n) is 3.80. The van der Waals surface area contributed by atoms with Crippen LogP contribution in [0.1, 0.15) is 17.3 Å². The second-order valence-corrected chi connectivity index (χ2v) is 5.57. The highest BCUT2D eigenvalue weighted by atomic mass is 32.2. The first-order chi connectivity index (χ1) is 9.24. The molecule has 0 radical (unpaired) electrons. The van der Waals surface area contributed by atoms with Crippen LogP contribution in [0.2, 0.25) is 0 Å².